The van der Waals surface area contributed by atoms with Crippen LogP contribution in [0.4, 0.5) is 0 Å². The highest BCUT2D eigenvalue weighted by atomic mass is 16.5. The Bertz CT molecular complexity index is 630. The van der Waals surface area contributed by atoms with Gasteiger partial charge in [0.1, 0.15) is 5.75 Å². The molecule has 1 aliphatic rings. The number of aryl methyl sites for hydroxylation is 1. The van der Waals surface area contributed by atoms with Gasteiger partial charge < -0.3 is 9.64 Å². The fourth-order valence-electron chi connectivity index (χ4n) is 2.48. The summed E-state index contributed by atoms with van der Waals surface area (Å²) in [4.78, 5) is 22.3. The van der Waals surface area contributed by atoms with Gasteiger partial charge in [-0.15, -0.1) is 0 Å². The van der Waals surface area contributed by atoms with Gasteiger partial charge in [-0.25, -0.2) is 0 Å². The lowest BCUT2D eigenvalue weighted by Crippen LogP contribution is -2.41. The number of rotatable bonds is 3. The molecule has 1 aliphatic heterocycles. The Kier molecular flexibility index (Phi) is 3.81. The molecule has 0 fully saturated rings. The lowest BCUT2D eigenvalue weighted by molar-refractivity contribution is -0.138. The van der Waals surface area contributed by atoms with E-state index in [-0.39, 0.29) is 5.91 Å². The summed E-state index contributed by atoms with van der Waals surface area (Å²) >= 11 is 0. The van der Waals surface area contributed by atoms with Crippen LogP contribution in [-0.4, -0.2) is 33.9 Å². The topological polar surface area (TPSA) is 55.3 Å². The predicted octanol–water partition coefficient (Wildman–Crippen LogP) is 1.83. The number of benzene rings is 1. The first kappa shape index (κ1) is 13.5. The maximum Gasteiger partial charge on any atom is 0.263 e. The molecule has 21 heavy (non-hydrogen) atoms. The summed E-state index contributed by atoms with van der Waals surface area (Å²) in [5.41, 5.74) is 1.93. The van der Waals surface area contributed by atoms with Crippen LogP contribution < -0.4 is 4.74 Å². The van der Waals surface area contributed by atoms with E-state index in [1.54, 1.807) is 30.5 Å². The Labute approximate surface area is 123 Å². The molecule has 2 aromatic rings. The van der Waals surface area contributed by atoms with Crippen LogP contribution in [0.5, 0.6) is 5.75 Å². The number of hydrogen-bond acceptors (Lipinski definition) is 4. The Balaban J connectivity index is 1.66. The molecule has 2 heterocycles. The van der Waals surface area contributed by atoms with Gasteiger partial charge in [-0.2, -0.15) is 0 Å². The first-order chi connectivity index (χ1) is 10.2. The highest BCUT2D eigenvalue weighted by Crippen LogP contribution is 2.27. The lowest BCUT2D eigenvalue weighted by Gasteiger charge is -2.28. The zero-order valence-electron chi connectivity index (χ0n) is 11.9. The molecule has 5 nitrogen and oxygen atoms in total. The molecule has 0 aliphatic carbocycles. The van der Waals surface area contributed by atoms with Gasteiger partial charge in [-0.1, -0.05) is 18.2 Å². The third-order valence-corrected chi connectivity index (χ3v) is 3.59. The van der Waals surface area contributed by atoms with Crippen LogP contribution in [0.3, 0.4) is 0 Å². The number of hydrogen-bond donors (Lipinski definition) is 0. The molecule has 1 aromatic carbocycles. The van der Waals surface area contributed by atoms with Crippen molar-refractivity contribution >= 4 is 5.91 Å². The Morgan fingerprint density at radius 3 is 3.05 bits per heavy atom. The van der Waals surface area contributed by atoms with Gasteiger partial charge in [0, 0.05) is 19.4 Å². The molecule has 108 valence electrons. The van der Waals surface area contributed by atoms with E-state index in [0.29, 0.717) is 13.0 Å². The van der Waals surface area contributed by atoms with Crippen LogP contribution >= 0.6 is 0 Å². The number of carbonyl (C=O) groups excluding carboxylic acids is 1. The van der Waals surface area contributed by atoms with Gasteiger partial charge in [-0.05, 0) is 24.5 Å². The van der Waals surface area contributed by atoms with Gasteiger partial charge in [0.05, 0.1) is 18.4 Å². The van der Waals surface area contributed by atoms with Crippen LogP contribution in [0.15, 0.2) is 42.9 Å². The first-order valence-electron chi connectivity index (χ1n) is 6.98. The second-order valence-electron chi connectivity index (χ2n) is 5.14. The van der Waals surface area contributed by atoms with Crippen molar-refractivity contribution in [3.8, 4) is 5.75 Å². The summed E-state index contributed by atoms with van der Waals surface area (Å²) in [5, 5.41) is 0. The molecule has 1 aromatic heterocycles. The summed E-state index contributed by atoms with van der Waals surface area (Å²) in [6.07, 6.45) is 6.07. The summed E-state index contributed by atoms with van der Waals surface area (Å²) < 4.78 is 5.83. The minimum atomic E-state index is -0.415. The van der Waals surface area contributed by atoms with Crippen molar-refractivity contribution in [2.75, 3.05) is 7.05 Å². The van der Waals surface area contributed by atoms with Gasteiger partial charge in [0.25, 0.3) is 5.91 Å². The van der Waals surface area contributed by atoms with E-state index in [4.69, 9.17) is 4.74 Å². The lowest BCUT2D eigenvalue weighted by atomic mass is 10.0. The number of likely N-dealkylation sites (N-methyl/N-ethyl adjacent to an activating group) is 1. The third-order valence-electron chi connectivity index (χ3n) is 3.59. The molecular formula is C16H17N3O2. The van der Waals surface area contributed by atoms with Crippen molar-refractivity contribution in [3.63, 3.8) is 0 Å². The molecule has 0 radical (unpaired) electrons. The highest BCUT2D eigenvalue weighted by molar-refractivity contribution is 5.81. The number of fused-ring (bicyclic) bond motifs is 1. The minimum Gasteiger partial charge on any atom is -0.480 e. The SMILES string of the molecule is CN(Cc1cnccn1)C(=O)[C@H]1CCc2ccccc2O1. The van der Waals surface area contributed by atoms with Crippen LogP contribution in [0, 0.1) is 0 Å². The monoisotopic (exact) mass is 283 g/mol. The Morgan fingerprint density at radius 2 is 2.24 bits per heavy atom. The molecule has 0 saturated heterocycles. The summed E-state index contributed by atoms with van der Waals surface area (Å²) in [5.74, 6) is 0.796. The van der Waals surface area contributed by atoms with E-state index in [1.807, 2.05) is 24.3 Å². The maximum atomic E-state index is 12.5. The second kappa shape index (κ2) is 5.91. The van der Waals surface area contributed by atoms with Crippen LogP contribution in [0.25, 0.3) is 0 Å². The van der Waals surface area contributed by atoms with E-state index in [0.717, 1.165) is 23.4 Å². The molecule has 0 saturated carbocycles. The highest BCUT2D eigenvalue weighted by Gasteiger charge is 2.28. The van der Waals surface area contributed by atoms with Crippen molar-refractivity contribution < 1.29 is 9.53 Å². The fraction of sp³-hybridized carbons (Fsp3) is 0.312. The minimum absolute atomic E-state index is 0.0184. The normalized spacial score (nSPS) is 16.7. The molecule has 0 unspecified atom stereocenters. The van der Waals surface area contributed by atoms with E-state index in [1.165, 1.54) is 0 Å². The molecule has 3 rings (SSSR count). The van der Waals surface area contributed by atoms with Crippen LogP contribution in [0.2, 0.25) is 0 Å². The van der Waals surface area contributed by atoms with Crippen LogP contribution in [0.1, 0.15) is 17.7 Å². The van der Waals surface area contributed by atoms with Gasteiger partial charge in [0.2, 0.25) is 0 Å². The summed E-state index contributed by atoms with van der Waals surface area (Å²) in [6, 6.07) is 7.87. The van der Waals surface area contributed by atoms with E-state index in [2.05, 4.69) is 9.97 Å². The Hall–Kier alpha value is -2.43. The number of ether oxygens (including phenoxy) is 1. The average Bonchev–Trinajstić information content (AvgIpc) is 2.54. The molecular weight excluding hydrogens is 266 g/mol. The Morgan fingerprint density at radius 1 is 1.38 bits per heavy atom. The summed E-state index contributed by atoms with van der Waals surface area (Å²) in [6.45, 7) is 0.439. The molecule has 0 N–H and O–H groups in total. The second-order valence-corrected chi connectivity index (χ2v) is 5.14. The number of nitrogens with zero attached hydrogens (tertiary/aromatic N) is 3. The van der Waals surface area contributed by atoms with E-state index in [9.17, 15) is 4.79 Å². The molecule has 1 amide bonds. The van der Waals surface area contributed by atoms with Crippen molar-refractivity contribution in [2.45, 2.75) is 25.5 Å². The first-order valence-corrected chi connectivity index (χ1v) is 6.98. The van der Waals surface area contributed by atoms with E-state index < -0.39 is 6.10 Å². The molecule has 1 atom stereocenters. The molecule has 5 heteroatoms. The molecule has 0 spiro atoms. The van der Waals surface area contributed by atoms with Gasteiger partial charge in [0.15, 0.2) is 6.10 Å². The van der Waals surface area contributed by atoms with Crippen molar-refractivity contribution in [2.24, 2.45) is 0 Å². The third kappa shape index (κ3) is 3.02. The van der Waals surface area contributed by atoms with Crippen molar-refractivity contribution in [1.29, 1.82) is 0 Å². The standard InChI is InChI=1S/C16H17N3O2/c1-19(11-13-10-17-8-9-18-13)16(20)15-7-6-12-4-2-3-5-14(12)21-15/h2-5,8-10,15H,6-7,11H2,1H3/t15-/m1/s1. The zero-order chi connectivity index (χ0) is 14.7. The number of aromatic nitrogens is 2. The maximum absolute atomic E-state index is 12.5. The quantitative estimate of drug-likeness (QED) is 0.862. The predicted molar refractivity (Wildman–Crippen MR) is 77.7 cm³/mol. The smallest absolute Gasteiger partial charge is 0.263 e. The molecule has 0 bridgehead atoms. The van der Waals surface area contributed by atoms with Gasteiger partial charge >= 0.3 is 0 Å². The largest absolute Gasteiger partial charge is 0.480 e. The summed E-state index contributed by atoms with van der Waals surface area (Å²) in [7, 11) is 1.76. The van der Waals surface area contributed by atoms with E-state index >= 15 is 0 Å². The zero-order valence-corrected chi connectivity index (χ0v) is 11.9. The number of carbonyl (C=O) groups is 1. The van der Waals surface area contributed by atoms with Crippen molar-refractivity contribution in [3.05, 3.63) is 54.1 Å². The van der Waals surface area contributed by atoms with Crippen molar-refractivity contribution in [1.82, 2.24) is 14.9 Å². The van der Waals surface area contributed by atoms with Crippen LogP contribution in [-0.2, 0) is 17.8 Å². The fourth-order valence-corrected chi connectivity index (χ4v) is 2.48. The van der Waals surface area contributed by atoms with Gasteiger partial charge in [-0.3, -0.25) is 14.8 Å². The average molecular weight is 283 g/mol. The number of para-hydroxylation sites is 1. The number of amides is 1.